The van der Waals surface area contributed by atoms with Crippen molar-refractivity contribution in [3.8, 4) is 0 Å². The Bertz CT molecular complexity index is 653. The number of carboxylic acid groups (broad SMARTS) is 2. The van der Waals surface area contributed by atoms with E-state index in [1.807, 2.05) is 5.32 Å². The summed E-state index contributed by atoms with van der Waals surface area (Å²) in [7, 11) is 0. The maximum Gasteiger partial charge on any atom is 0.322 e. The van der Waals surface area contributed by atoms with E-state index in [2.05, 4.69) is 10.6 Å². The molecular weight excluding hydrogens is 390 g/mol. The van der Waals surface area contributed by atoms with E-state index >= 15 is 0 Å². The zero-order chi connectivity index (χ0) is 22.7. The van der Waals surface area contributed by atoms with Crippen LogP contribution < -0.4 is 27.4 Å². The number of carbonyl (C=O) groups is 6. The van der Waals surface area contributed by atoms with Crippen molar-refractivity contribution in [2.24, 2.45) is 17.4 Å². The molecule has 0 bridgehead atoms. The molecule has 13 nitrogen and oxygen atoms in total. The second kappa shape index (κ2) is 12.3. The second-order valence-corrected chi connectivity index (χ2v) is 6.42. The van der Waals surface area contributed by atoms with Gasteiger partial charge in [-0.25, -0.2) is 0 Å². The SMILES string of the molecule is CCC(C)C(NC(=O)C(N)CC(N)=O)C(=O)NC(CC(=O)O)C(=O)NCC(=O)O. The van der Waals surface area contributed by atoms with Gasteiger partial charge in [0.1, 0.15) is 18.6 Å². The van der Waals surface area contributed by atoms with Gasteiger partial charge >= 0.3 is 11.9 Å². The summed E-state index contributed by atoms with van der Waals surface area (Å²) in [5, 5.41) is 24.1. The number of hydrogen-bond donors (Lipinski definition) is 7. The highest BCUT2D eigenvalue weighted by Gasteiger charge is 2.32. The lowest BCUT2D eigenvalue weighted by Crippen LogP contribution is -2.58. The van der Waals surface area contributed by atoms with Crippen LogP contribution in [0.25, 0.3) is 0 Å². The van der Waals surface area contributed by atoms with Crippen molar-refractivity contribution >= 4 is 35.6 Å². The van der Waals surface area contributed by atoms with Crippen LogP contribution in [0.2, 0.25) is 0 Å². The van der Waals surface area contributed by atoms with E-state index in [4.69, 9.17) is 21.7 Å². The highest BCUT2D eigenvalue weighted by molar-refractivity contribution is 5.96. The van der Waals surface area contributed by atoms with Crippen LogP contribution in [0.1, 0.15) is 33.1 Å². The topological polar surface area (TPSA) is 231 Å². The molecule has 0 saturated heterocycles. The third-order valence-electron chi connectivity index (χ3n) is 3.98. The fourth-order valence-corrected chi connectivity index (χ4v) is 2.20. The van der Waals surface area contributed by atoms with Gasteiger partial charge in [0.2, 0.25) is 23.6 Å². The number of carbonyl (C=O) groups excluding carboxylic acids is 4. The Hall–Kier alpha value is -3.22. The first-order chi connectivity index (χ1) is 13.4. The van der Waals surface area contributed by atoms with Gasteiger partial charge in [-0.2, -0.15) is 0 Å². The van der Waals surface area contributed by atoms with E-state index in [1.165, 1.54) is 0 Å². The van der Waals surface area contributed by atoms with Gasteiger partial charge in [0.25, 0.3) is 0 Å². The van der Waals surface area contributed by atoms with Gasteiger partial charge in [-0.15, -0.1) is 0 Å². The number of aliphatic carboxylic acids is 2. The predicted molar refractivity (Wildman–Crippen MR) is 98.0 cm³/mol. The molecule has 13 heteroatoms. The monoisotopic (exact) mass is 417 g/mol. The summed E-state index contributed by atoms with van der Waals surface area (Å²) in [6.45, 7) is 2.59. The highest BCUT2D eigenvalue weighted by Crippen LogP contribution is 2.09. The van der Waals surface area contributed by atoms with Gasteiger partial charge in [-0.3, -0.25) is 28.8 Å². The maximum absolute atomic E-state index is 12.6. The van der Waals surface area contributed by atoms with Crippen LogP contribution in [0.4, 0.5) is 0 Å². The number of hydrogen-bond acceptors (Lipinski definition) is 7. The summed E-state index contributed by atoms with van der Waals surface area (Å²) in [5.74, 6) is -6.71. The smallest absolute Gasteiger partial charge is 0.322 e. The first-order valence-electron chi connectivity index (χ1n) is 8.74. The molecule has 0 fully saturated rings. The third kappa shape index (κ3) is 10.0. The predicted octanol–water partition coefficient (Wildman–Crippen LogP) is -3.12. The molecule has 4 unspecified atom stereocenters. The van der Waals surface area contributed by atoms with Crippen LogP contribution in [0.5, 0.6) is 0 Å². The number of nitrogens with one attached hydrogen (secondary N) is 3. The van der Waals surface area contributed by atoms with Crippen LogP contribution in [0.3, 0.4) is 0 Å². The van der Waals surface area contributed by atoms with Crippen molar-refractivity contribution in [1.29, 1.82) is 0 Å². The molecule has 0 aromatic heterocycles. The van der Waals surface area contributed by atoms with Crippen LogP contribution in [0, 0.1) is 5.92 Å². The number of primary amides is 1. The van der Waals surface area contributed by atoms with Gasteiger partial charge in [-0.1, -0.05) is 20.3 Å². The Labute approximate surface area is 166 Å². The molecule has 0 aliphatic heterocycles. The van der Waals surface area contributed by atoms with Gasteiger partial charge in [0, 0.05) is 0 Å². The summed E-state index contributed by atoms with van der Waals surface area (Å²) in [5.41, 5.74) is 10.5. The van der Waals surface area contributed by atoms with E-state index in [9.17, 15) is 28.8 Å². The molecule has 29 heavy (non-hydrogen) atoms. The molecule has 0 aliphatic carbocycles. The summed E-state index contributed by atoms with van der Waals surface area (Å²) < 4.78 is 0. The zero-order valence-electron chi connectivity index (χ0n) is 16.1. The van der Waals surface area contributed by atoms with E-state index in [0.29, 0.717) is 6.42 Å². The average Bonchev–Trinajstić information content (AvgIpc) is 2.61. The summed E-state index contributed by atoms with van der Waals surface area (Å²) in [6.07, 6.45) is -0.822. The van der Waals surface area contributed by atoms with Crippen molar-refractivity contribution in [3.05, 3.63) is 0 Å². The first-order valence-corrected chi connectivity index (χ1v) is 8.74. The molecule has 164 valence electrons. The van der Waals surface area contributed by atoms with E-state index in [1.54, 1.807) is 13.8 Å². The molecular formula is C16H27N5O8. The first kappa shape index (κ1) is 25.8. The minimum absolute atomic E-state index is 0.429. The molecule has 0 aromatic rings. The van der Waals surface area contributed by atoms with Crippen LogP contribution in [-0.4, -0.2) is 70.5 Å². The Morgan fingerprint density at radius 1 is 0.897 bits per heavy atom. The molecule has 0 heterocycles. The summed E-state index contributed by atoms with van der Waals surface area (Å²) >= 11 is 0. The van der Waals surface area contributed by atoms with E-state index in [0.717, 1.165) is 0 Å². The van der Waals surface area contributed by atoms with Crippen LogP contribution in [-0.2, 0) is 28.8 Å². The molecule has 0 spiro atoms. The Morgan fingerprint density at radius 2 is 1.48 bits per heavy atom. The molecule has 4 amide bonds. The molecule has 0 saturated carbocycles. The Balaban J connectivity index is 5.34. The van der Waals surface area contributed by atoms with Crippen molar-refractivity contribution in [1.82, 2.24) is 16.0 Å². The third-order valence-corrected chi connectivity index (χ3v) is 3.98. The zero-order valence-corrected chi connectivity index (χ0v) is 16.1. The Kier molecular flexibility index (Phi) is 10.9. The van der Waals surface area contributed by atoms with Crippen LogP contribution in [0.15, 0.2) is 0 Å². The van der Waals surface area contributed by atoms with Crippen molar-refractivity contribution in [3.63, 3.8) is 0 Å². The van der Waals surface area contributed by atoms with Crippen LogP contribution >= 0.6 is 0 Å². The second-order valence-electron chi connectivity index (χ2n) is 6.42. The van der Waals surface area contributed by atoms with Crippen molar-refractivity contribution < 1.29 is 39.0 Å². The molecule has 0 aromatic carbocycles. The number of carboxylic acids is 2. The lowest BCUT2D eigenvalue weighted by molar-refractivity contribution is -0.142. The van der Waals surface area contributed by atoms with Crippen molar-refractivity contribution in [2.75, 3.05) is 6.54 Å². The summed E-state index contributed by atoms with van der Waals surface area (Å²) in [6, 6.07) is -4.04. The minimum Gasteiger partial charge on any atom is -0.481 e. The molecule has 0 aliphatic rings. The molecule has 0 rings (SSSR count). The van der Waals surface area contributed by atoms with E-state index in [-0.39, 0.29) is 0 Å². The van der Waals surface area contributed by atoms with E-state index < -0.39 is 79.0 Å². The number of amides is 4. The normalized spacial score (nSPS) is 14.6. The lowest BCUT2D eigenvalue weighted by atomic mass is 9.97. The van der Waals surface area contributed by atoms with Gasteiger partial charge in [-0.05, 0) is 5.92 Å². The van der Waals surface area contributed by atoms with Gasteiger partial charge in [0.15, 0.2) is 0 Å². The van der Waals surface area contributed by atoms with Gasteiger partial charge < -0.3 is 37.6 Å². The molecule has 9 N–H and O–H groups in total. The molecule has 4 atom stereocenters. The lowest BCUT2D eigenvalue weighted by Gasteiger charge is -2.26. The minimum atomic E-state index is -1.57. The largest absolute Gasteiger partial charge is 0.481 e. The number of rotatable bonds is 13. The molecule has 0 radical (unpaired) electrons. The van der Waals surface area contributed by atoms with Crippen molar-refractivity contribution in [2.45, 2.75) is 51.2 Å². The fraction of sp³-hybridized carbons (Fsp3) is 0.625. The van der Waals surface area contributed by atoms with Gasteiger partial charge in [0.05, 0.1) is 18.9 Å². The summed E-state index contributed by atoms with van der Waals surface area (Å²) in [4.78, 5) is 69.2. The maximum atomic E-state index is 12.6. The number of nitrogens with two attached hydrogens (primary N) is 2. The highest BCUT2D eigenvalue weighted by atomic mass is 16.4. The fourth-order valence-electron chi connectivity index (χ4n) is 2.20. The average molecular weight is 417 g/mol. The quantitative estimate of drug-likeness (QED) is 0.160. The Morgan fingerprint density at radius 3 is 1.93 bits per heavy atom. The standard InChI is InChI=1S/C16H27N5O8/c1-3-7(2)13(21-14(27)8(17)4-10(18)22)16(29)20-9(5-11(23)24)15(28)19-6-12(25)26/h7-9,13H,3-6,17H2,1-2H3,(H2,18,22)(H,19,28)(H,20,29)(H,21,27)(H,23,24)(H,25,26).